The molecule has 0 aromatic heterocycles. The molecular weight excluding hydrogens is 397 g/mol. The predicted octanol–water partition coefficient (Wildman–Crippen LogP) is 2.20. The summed E-state index contributed by atoms with van der Waals surface area (Å²) in [6.07, 6.45) is -3.32. The predicted molar refractivity (Wildman–Crippen MR) is 90.7 cm³/mol. The molecule has 0 aliphatic carbocycles. The maximum absolute atomic E-state index is 12.8. The summed E-state index contributed by atoms with van der Waals surface area (Å²) in [4.78, 5) is 10.1. The van der Waals surface area contributed by atoms with Crippen molar-refractivity contribution in [3.8, 4) is 0 Å². The average Bonchev–Trinajstić information content (AvgIpc) is 2.54. The molecule has 0 saturated carbocycles. The fraction of sp³-hybridized carbons (Fsp3) is 0.533. The summed E-state index contributed by atoms with van der Waals surface area (Å²) in [5.41, 5.74) is -1.01. The van der Waals surface area contributed by atoms with Gasteiger partial charge in [0.1, 0.15) is 0 Å². The van der Waals surface area contributed by atoms with E-state index in [0.717, 1.165) is 24.6 Å². The maximum Gasteiger partial charge on any atom is 0.416 e. The van der Waals surface area contributed by atoms with Crippen LogP contribution in [0.5, 0.6) is 0 Å². The van der Waals surface area contributed by atoms with Crippen molar-refractivity contribution in [2.24, 2.45) is 5.92 Å². The highest BCUT2D eigenvalue weighted by molar-refractivity contribution is 7.89. The molecule has 2 N–H and O–H groups in total. The molecule has 1 saturated heterocycles. The Labute approximate surface area is 155 Å². The van der Waals surface area contributed by atoms with Gasteiger partial charge in [-0.2, -0.15) is 17.5 Å². The number of hydrogen-bond donors (Lipinski definition) is 2. The van der Waals surface area contributed by atoms with Gasteiger partial charge in [0.2, 0.25) is 10.0 Å². The van der Waals surface area contributed by atoms with Crippen LogP contribution in [0, 0.1) is 5.92 Å². The number of piperidine rings is 1. The number of carboxylic acid groups (broad SMARTS) is 1. The van der Waals surface area contributed by atoms with Crippen molar-refractivity contribution in [2.45, 2.75) is 23.9 Å². The Bertz CT molecular complexity index is 728. The molecule has 0 radical (unpaired) electrons. The maximum atomic E-state index is 12.8. The highest BCUT2D eigenvalue weighted by Gasteiger charge is 2.34. The van der Waals surface area contributed by atoms with Crippen LogP contribution in [0.15, 0.2) is 29.2 Å². The van der Waals surface area contributed by atoms with Gasteiger partial charge >= 0.3 is 12.1 Å². The summed E-state index contributed by atoms with van der Waals surface area (Å²) in [6, 6.07) is 3.69. The molecule has 0 spiro atoms. The van der Waals surface area contributed by atoms with Crippen LogP contribution < -0.4 is 5.32 Å². The monoisotopic (exact) mass is 416 g/mol. The summed E-state index contributed by atoms with van der Waals surface area (Å²) in [5, 5.41) is 11.3. The van der Waals surface area contributed by atoms with Crippen molar-refractivity contribution in [2.75, 3.05) is 26.2 Å². The summed E-state index contributed by atoms with van der Waals surface area (Å²) in [6.45, 7) is 0.483. The van der Waals surface area contributed by atoms with E-state index in [1.807, 2.05) is 0 Å². The fourth-order valence-electron chi connectivity index (χ4n) is 2.78. The molecule has 26 heavy (non-hydrogen) atoms. The molecule has 1 aliphatic heterocycles. The topological polar surface area (TPSA) is 86.7 Å². The van der Waals surface area contributed by atoms with Crippen LogP contribution in [0.25, 0.3) is 0 Å². The van der Waals surface area contributed by atoms with E-state index >= 15 is 0 Å². The fourth-order valence-corrected chi connectivity index (χ4v) is 4.38. The molecule has 1 aliphatic rings. The van der Waals surface area contributed by atoms with E-state index in [-0.39, 0.29) is 42.9 Å². The Morgan fingerprint density at radius 2 is 2.04 bits per heavy atom. The number of hydrogen-bond acceptors (Lipinski definition) is 4. The first kappa shape index (κ1) is 22.7. The van der Waals surface area contributed by atoms with Crippen molar-refractivity contribution >= 4 is 28.4 Å². The molecule has 1 aromatic carbocycles. The number of aliphatic carboxylic acids is 1. The zero-order valence-corrected chi connectivity index (χ0v) is 15.3. The minimum absolute atomic E-state index is 0. The van der Waals surface area contributed by atoms with E-state index in [1.165, 1.54) is 4.31 Å². The average molecular weight is 417 g/mol. The molecule has 1 atom stereocenters. The Morgan fingerprint density at radius 1 is 1.35 bits per heavy atom. The first-order valence-corrected chi connectivity index (χ1v) is 9.14. The Morgan fingerprint density at radius 3 is 2.65 bits per heavy atom. The number of sulfonamides is 1. The molecule has 1 aromatic rings. The number of carboxylic acids is 1. The zero-order valence-electron chi connectivity index (χ0n) is 13.7. The van der Waals surface area contributed by atoms with Crippen LogP contribution >= 0.6 is 12.4 Å². The summed E-state index contributed by atoms with van der Waals surface area (Å²) in [5.74, 6) is -1.10. The van der Waals surface area contributed by atoms with Gasteiger partial charge in [-0.25, -0.2) is 8.42 Å². The Balaban J connectivity index is 0.00000338. The molecule has 2 rings (SSSR count). The zero-order chi connectivity index (χ0) is 18.7. The van der Waals surface area contributed by atoms with Crippen LogP contribution in [0.2, 0.25) is 0 Å². The summed E-state index contributed by atoms with van der Waals surface area (Å²) in [7, 11) is -4.03. The van der Waals surface area contributed by atoms with Gasteiger partial charge in [0.05, 0.1) is 17.0 Å². The van der Waals surface area contributed by atoms with E-state index < -0.39 is 27.7 Å². The third kappa shape index (κ3) is 5.83. The number of halogens is 4. The largest absolute Gasteiger partial charge is 0.480 e. The second-order valence-electron chi connectivity index (χ2n) is 5.92. The lowest BCUT2D eigenvalue weighted by Gasteiger charge is -2.32. The lowest BCUT2D eigenvalue weighted by molar-refractivity contribution is -0.138. The van der Waals surface area contributed by atoms with Gasteiger partial charge < -0.3 is 10.4 Å². The lowest BCUT2D eigenvalue weighted by atomic mass is 10.00. The van der Waals surface area contributed by atoms with E-state index in [2.05, 4.69) is 5.32 Å². The van der Waals surface area contributed by atoms with E-state index in [1.54, 1.807) is 0 Å². The van der Waals surface area contributed by atoms with Gasteiger partial charge in [0.25, 0.3) is 0 Å². The first-order chi connectivity index (χ1) is 11.6. The molecule has 6 nitrogen and oxygen atoms in total. The third-order valence-corrected chi connectivity index (χ3v) is 5.85. The van der Waals surface area contributed by atoms with Crippen molar-refractivity contribution < 1.29 is 31.5 Å². The third-order valence-electron chi connectivity index (χ3n) is 3.99. The Kier molecular flexibility index (Phi) is 7.87. The van der Waals surface area contributed by atoms with Crippen LogP contribution in [0.3, 0.4) is 0 Å². The lowest BCUT2D eigenvalue weighted by Crippen LogP contribution is -2.43. The number of nitrogens with one attached hydrogen (secondary N) is 1. The molecule has 1 heterocycles. The first-order valence-electron chi connectivity index (χ1n) is 7.70. The van der Waals surface area contributed by atoms with Gasteiger partial charge in [0.15, 0.2) is 0 Å². The Hall–Kier alpha value is -1.36. The van der Waals surface area contributed by atoms with Crippen LogP contribution in [-0.4, -0.2) is 50.0 Å². The van der Waals surface area contributed by atoms with Gasteiger partial charge in [-0.3, -0.25) is 4.79 Å². The summed E-state index contributed by atoms with van der Waals surface area (Å²) < 4.78 is 64.8. The highest BCUT2D eigenvalue weighted by Crippen LogP contribution is 2.32. The number of carbonyl (C=O) groups is 1. The molecule has 0 amide bonds. The number of nitrogens with zero attached hydrogens (tertiary/aromatic N) is 1. The smallest absolute Gasteiger partial charge is 0.416 e. The molecule has 11 heteroatoms. The molecular formula is C15H20ClF3N2O4S. The van der Waals surface area contributed by atoms with Crippen LogP contribution in [-0.2, 0) is 21.0 Å². The second-order valence-corrected chi connectivity index (χ2v) is 7.86. The van der Waals surface area contributed by atoms with Crippen molar-refractivity contribution in [1.82, 2.24) is 9.62 Å². The minimum Gasteiger partial charge on any atom is -0.480 e. The van der Waals surface area contributed by atoms with Crippen molar-refractivity contribution in [1.29, 1.82) is 0 Å². The van der Waals surface area contributed by atoms with Crippen LogP contribution in [0.1, 0.15) is 18.4 Å². The van der Waals surface area contributed by atoms with Crippen molar-refractivity contribution in [3.05, 3.63) is 29.8 Å². The van der Waals surface area contributed by atoms with E-state index in [0.29, 0.717) is 19.0 Å². The van der Waals surface area contributed by atoms with Gasteiger partial charge in [-0.1, -0.05) is 6.07 Å². The SMILES string of the molecule is Cl.O=C(O)CNCC1CCCN(S(=O)(=O)c2cccc(C(F)(F)F)c2)C1. The number of alkyl halides is 3. The van der Waals surface area contributed by atoms with Crippen LogP contribution in [0.4, 0.5) is 13.2 Å². The molecule has 148 valence electrons. The molecule has 1 unspecified atom stereocenters. The van der Waals surface area contributed by atoms with Gasteiger partial charge in [0, 0.05) is 13.1 Å². The van der Waals surface area contributed by atoms with Crippen molar-refractivity contribution in [3.63, 3.8) is 0 Å². The number of rotatable bonds is 6. The minimum atomic E-state index is -4.61. The standard InChI is InChI=1S/C15H19F3N2O4S.ClH/c16-15(17,18)12-4-1-5-13(7-12)25(23,24)20-6-2-3-11(10-20)8-19-9-14(21)22;/h1,4-5,7,11,19H,2-3,6,8-10H2,(H,21,22);1H. The quantitative estimate of drug-likeness (QED) is 0.742. The normalized spacial score (nSPS) is 19.0. The highest BCUT2D eigenvalue weighted by atomic mass is 35.5. The summed E-state index contributed by atoms with van der Waals surface area (Å²) >= 11 is 0. The molecule has 0 bridgehead atoms. The number of benzene rings is 1. The van der Waals surface area contributed by atoms with Gasteiger partial charge in [-0.05, 0) is 43.5 Å². The van der Waals surface area contributed by atoms with E-state index in [9.17, 15) is 26.4 Å². The second kappa shape index (κ2) is 9.03. The van der Waals surface area contributed by atoms with E-state index in [4.69, 9.17) is 5.11 Å². The van der Waals surface area contributed by atoms with Gasteiger partial charge in [-0.15, -0.1) is 12.4 Å². The molecule has 1 fully saturated rings.